The normalized spacial score (nSPS) is 13.7. The lowest BCUT2D eigenvalue weighted by atomic mass is 10.1. The third kappa shape index (κ3) is 2.79. The van der Waals surface area contributed by atoms with Gasteiger partial charge in [-0.1, -0.05) is 0 Å². The number of carbonyl (C=O) groups excluding carboxylic acids is 2. The van der Waals surface area contributed by atoms with Crippen molar-refractivity contribution >= 4 is 29.3 Å². The Balaban J connectivity index is 1.71. The van der Waals surface area contributed by atoms with Gasteiger partial charge in [0.1, 0.15) is 5.76 Å². The number of rotatable bonds is 4. The van der Waals surface area contributed by atoms with Crippen molar-refractivity contribution in [2.24, 2.45) is 0 Å². The van der Waals surface area contributed by atoms with Crippen LogP contribution < -0.4 is 10.2 Å². The molecule has 1 aliphatic heterocycles. The molecule has 5 heteroatoms. The number of benzene rings is 1. The number of anilines is 2. The Morgan fingerprint density at radius 1 is 1.41 bits per heavy atom. The average molecular weight is 296 g/mol. The maximum Gasteiger partial charge on any atom is 0.248 e. The van der Waals surface area contributed by atoms with E-state index in [0.717, 1.165) is 11.3 Å². The van der Waals surface area contributed by atoms with Crippen LogP contribution in [0.5, 0.6) is 0 Å². The zero-order chi connectivity index (χ0) is 15.5. The summed E-state index contributed by atoms with van der Waals surface area (Å²) < 4.78 is 5.12. The van der Waals surface area contributed by atoms with Gasteiger partial charge in [-0.2, -0.15) is 0 Å². The molecule has 0 fully saturated rings. The minimum Gasteiger partial charge on any atom is -0.465 e. The first-order valence-electron chi connectivity index (χ1n) is 7.13. The molecule has 1 aromatic heterocycles. The molecule has 1 aromatic carbocycles. The van der Waals surface area contributed by atoms with Gasteiger partial charge in [0.25, 0.3) is 0 Å². The van der Waals surface area contributed by atoms with E-state index in [4.69, 9.17) is 4.42 Å². The molecule has 112 valence electrons. The Labute approximate surface area is 128 Å². The van der Waals surface area contributed by atoms with Crippen molar-refractivity contribution in [2.75, 3.05) is 16.8 Å². The molecule has 1 N–H and O–H groups in total. The Kier molecular flexibility index (Phi) is 3.78. The fraction of sp³-hybridized carbons (Fsp3) is 0.176. The van der Waals surface area contributed by atoms with Gasteiger partial charge in [-0.05, 0) is 48.9 Å². The third-order valence-corrected chi connectivity index (χ3v) is 3.54. The van der Waals surface area contributed by atoms with Crippen LogP contribution in [0.2, 0.25) is 0 Å². The van der Waals surface area contributed by atoms with E-state index in [9.17, 15) is 9.59 Å². The van der Waals surface area contributed by atoms with Crippen molar-refractivity contribution in [1.82, 2.24) is 0 Å². The van der Waals surface area contributed by atoms with E-state index in [1.165, 1.54) is 6.08 Å². The van der Waals surface area contributed by atoms with E-state index in [-0.39, 0.29) is 11.8 Å². The molecule has 2 heterocycles. The Hall–Kier alpha value is -2.82. The zero-order valence-corrected chi connectivity index (χ0v) is 12.2. The molecule has 2 aromatic rings. The second kappa shape index (κ2) is 5.89. The maximum atomic E-state index is 11.9. The lowest BCUT2D eigenvalue weighted by molar-refractivity contribution is -0.117. The van der Waals surface area contributed by atoms with Crippen LogP contribution in [0.15, 0.2) is 47.1 Å². The largest absolute Gasteiger partial charge is 0.465 e. The lowest BCUT2D eigenvalue weighted by Gasteiger charge is -2.14. The van der Waals surface area contributed by atoms with Crippen LogP contribution in [0.25, 0.3) is 6.08 Å². The molecule has 3 rings (SSSR count). The van der Waals surface area contributed by atoms with Crippen LogP contribution in [0.4, 0.5) is 11.4 Å². The van der Waals surface area contributed by atoms with Gasteiger partial charge in [0.2, 0.25) is 11.8 Å². The van der Waals surface area contributed by atoms with Gasteiger partial charge in [-0.25, -0.2) is 0 Å². The molecular weight excluding hydrogens is 280 g/mol. The van der Waals surface area contributed by atoms with Crippen LogP contribution in [-0.2, 0) is 16.0 Å². The van der Waals surface area contributed by atoms with Gasteiger partial charge in [0, 0.05) is 24.0 Å². The molecule has 5 nitrogen and oxygen atoms in total. The van der Waals surface area contributed by atoms with Crippen LogP contribution >= 0.6 is 0 Å². The highest BCUT2D eigenvalue weighted by Crippen LogP contribution is 2.30. The van der Waals surface area contributed by atoms with E-state index < -0.39 is 0 Å². The van der Waals surface area contributed by atoms with Crippen molar-refractivity contribution < 1.29 is 14.0 Å². The van der Waals surface area contributed by atoms with E-state index in [0.29, 0.717) is 24.4 Å². The molecule has 0 radical (unpaired) electrons. The number of hydrogen-bond donors (Lipinski definition) is 1. The fourth-order valence-corrected chi connectivity index (χ4v) is 2.54. The molecule has 1 aliphatic rings. The molecule has 0 bridgehead atoms. The smallest absolute Gasteiger partial charge is 0.248 e. The zero-order valence-electron chi connectivity index (χ0n) is 12.2. The highest BCUT2D eigenvalue weighted by Gasteiger charge is 2.25. The van der Waals surface area contributed by atoms with Crippen molar-refractivity contribution in [3.05, 3.63) is 54.0 Å². The van der Waals surface area contributed by atoms with Gasteiger partial charge >= 0.3 is 0 Å². The molecule has 0 saturated carbocycles. The number of fused-ring (bicyclic) bond motifs is 1. The third-order valence-electron chi connectivity index (χ3n) is 3.54. The predicted octanol–water partition coefficient (Wildman–Crippen LogP) is 2.84. The summed E-state index contributed by atoms with van der Waals surface area (Å²) in [5, 5.41) is 2.78. The summed E-state index contributed by atoms with van der Waals surface area (Å²) in [6, 6.07) is 9.05. The summed E-state index contributed by atoms with van der Waals surface area (Å²) in [5.41, 5.74) is 2.55. The number of hydrogen-bond acceptors (Lipinski definition) is 3. The fourth-order valence-electron chi connectivity index (χ4n) is 2.54. The van der Waals surface area contributed by atoms with E-state index in [1.54, 1.807) is 35.4 Å². The summed E-state index contributed by atoms with van der Waals surface area (Å²) in [7, 11) is 0. The monoisotopic (exact) mass is 296 g/mol. The predicted molar refractivity (Wildman–Crippen MR) is 84.5 cm³/mol. The number of amides is 2. The van der Waals surface area contributed by atoms with Crippen LogP contribution in [0.1, 0.15) is 18.2 Å². The van der Waals surface area contributed by atoms with Gasteiger partial charge in [-0.15, -0.1) is 0 Å². The first-order chi connectivity index (χ1) is 10.7. The molecule has 2 amide bonds. The summed E-state index contributed by atoms with van der Waals surface area (Å²) in [6.45, 7) is 2.60. The van der Waals surface area contributed by atoms with Crippen LogP contribution in [-0.4, -0.2) is 18.4 Å². The van der Waals surface area contributed by atoms with E-state index in [1.807, 2.05) is 19.1 Å². The molecular formula is C17H16N2O3. The summed E-state index contributed by atoms with van der Waals surface area (Å²) >= 11 is 0. The maximum absolute atomic E-state index is 11.9. The average Bonchev–Trinajstić information content (AvgIpc) is 3.11. The number of carbonyl (C=O) groups is 2. The molecule has 0 atom stereocenters. The topological polar surface area (TPSA) is 62.6 Å². The van der Waals surface area contributed by atoms with Gasteiger partial charge in [0.15, 0.2) is 0 Å². The molecule has 0 saturated heterocycles. The minimum absolute atomic E-state index is 0.0960. The van der Waals surface area contributed by atoms with Crippen LogP contribution in [0, 0.1) is 0 Å². The van der Waals surface area contributed by atoms with Crippen molar-refractivity contribution in [3.63, 3.8) is 0 Å². The van der Waals surface area contributed by atoms with E-state index in [2.05, 4.69) is 5.32 Å². The van der Waals surface area contributed by atoms with Gasteiger partial charge in [0.05, 0.1) is 12.7 Å². The SMILES string of the molecule is CCN1C(=O)Cc2cc(NC(=O)/C=C/c3ccco3)ccc21. The van der Waals surface area contributed by atoms with Crippen LogP contribution in [0.3, 0.4) is 0 Å². The van der Waals surface area contributed by atoms with Gasteiger partial charge < -0.3 is 14.6 Å². The number of nitrogens with zero attached hydrogens (tertiary/aromatic N) is 1. The number of furan rings is 1. The van der Waals surface area contributed by atoms with Crippen molar-refractivity contribution in [2.45, 2.75) is 13.3 Å². The highest BCUT2D eigenvalue weighted by atomic mass is 16.3. The molecule has 0 unspecified atom stereocenters. The Bertz CT molecular complexity index is 732. The second-order valence-corrected chi connectivity index (χ2v) is 5.00. The Morgan fingerprint density at radius 2 is 2.27 bits per heavy atom. The Morgan fingerprint density at radius 3 is 3.00 bits per heavy atom. The molecule has 0 aliphatic carbocycles. The van der Waals surface area contributed by atoms with E-state index >= 15 is 0 Å². The van der Waals surface area contributed by atoms with Gasteiger partial charge in [-0.3, -0.25) is 9.59 Å². The minimum atomic E-state index is -0.243. The highest BCUT2D eigenvalue weighted by molar-refractivity contribution is 6.04. The summed E-state index contributed by atoms with van der Waals surface area (Å²) in [4.78, 5) is 25.5. The molecule has 22 heavy (non-hydrogen) atoms. The first-order valence-corrected chi connectivity index (χ1v) is 7.13. The molecule has 0 spiro atoms. The standard InChI is InChI=1S/C17H16N2O3/c1-2-19-15-7-5-13(10-12(15)11-17(19)21)18-16(20)8-6-14-4-3-9-22-14/h3-10H,2,11H2,1H3,(H,18,20)/b8-6+. The first kappa shape index (κ1) is 14.1. The lowest BCUT2D eigenvalue weighted by Crippen LogP contribution is -2.25. The summed E-state index contributed by atoms with van der Waals surface area (Å²) in [5.74, 6) is 0.472. The van der Waals surface area contributed by atoms with Crippen molar-refractivity contribution in [1.29, 1.82) is 0 Å². The van der Waals surface area contributed by atoms with Crippen molar-refractivity contribution in [3.8, 4) is 0 Å². The quantitative estimate of drug-likeness (QED) is 0.882. The number of likely N-dealkylation sites (N-methyl/N-ethyl adjacent to an activating group) is 1. The second-order valence-electron chi connectivity index (χ2n) is 5.00. The number of nitrogens with one attached hydrogen (secondary N) is 1. The summed E-state index contributed by atoms with van der Waals surface area (Å²) in [6.07, 6.45) is 4.95.